The SMILES string of the molecule is CSCCC(NC(=O)c1cccc([N+](=O)[O-])c1)C(=O)Nc1ccc(C(=O)NC2CC2)c(Cl)c1. The minimum absolute atomic E-state index is 0.0835. The molecule has 0 aliphatic heterocycles. The van der Waals surface area contributed by atoms with Crippen molar-refractivity contribution < 1.29 is 19.3 Å². The number of hydrogen-bond acceptors (Lipinski definition) is 6. The normalized spacial score (nSPS) is 13.6. The summed E-state index contributed by atoms with van der Waals surface area (Å²) in [6.45, 7) is 0. The zero-order valence-electron chi connectivity index (χ0n) is 17.8. The van der Waals surface area contributed by atoms with Gasteiger partial charge < -0.3 is 16.0 Å². The highest BCUT2D eigenvalue weighted by Gasteiger charge is 2.25. The summed E-state index contributed by atoms with van der Waals surface area (Å²) in [5, 5.41) is 19.4. The van der Waals surface area contributed by atoms with E-state index in [0.717, 1.165) is 18.9 Å². The smallest absolute Gasteiger partial charge is 0.270 e. The number of rotatable bonds is 10. The van der Waals surface area contributed by atoms with Gasteiger partial charge in [-0.05, 0) is 55.5 Å². The Kier molecular flexibility index (Phi) is 8.29. The van der Waals surface area contributed by atoms with Crippen LogP contribution in [-0.2, 0) is 4.79 Å². The van der Waals surface area contributed by atoms with Crippen molar-refractivity contribution in [1.82, 2.24) is 10.6 Å². The Morgan fingerprint density at radius 3 is 2.58 bits per heavy atom. The number of nitro groups is 1. The zero-order chi connectivity index (χ0) is 24.0. The van der Waals surface area contributed by atoms with Gasteiger partial charge in [0.2, 0.25) is 5.91 Å². The van der Waals surface area contributed by atoms with Gasteiger partial charge in [-0.3, -0.25) is 24.5 Å². The van der Waals surface area contributed by atoms with Crippen LogP contribution in [0.1, 0.15) is 40.0 Å². The molecule has 1 atom stereocenters. The lowest BCUT2D eigenvalue weighted by molar-refractivity contribution is -0.384. The van der Waals surface area contributed by atoms with Crippen LogP contribution in [0.2, 0.25) is 5.02 Å². The average Bonchev–Trinajstić information content (AvgIpc) is 3.60. The number of anilines is 1. The fraction of sp³-hybridized carbons (Fsp3) is 0.318. The van der Waals surface area contributed by atoms with Crippen molar-refractivity contribution in [3.05, 3.63) is 68.7 Å². The lowest BCUT2D eigenvalue weighted by Crippen LogP contribution is -2.44. The van der Waals surface area contributed by atoms with Gasteiger partial charge in [-0.25, -0.2) is 0 Å². The maximum absolute atomic E-state index is 12.9. The fourth-order valence-corrected chi connectivity index (χ4v) is 3.74. The van der Waals surface area contributed by atoms with Crippen LogP contribution >= 0.6 is 23.4 Å². The number of hydrogen-bond donors (Lipinski definition) is 3. The first-order valence-corrected chi connectivity index (χ1v) is 12.0. The Labute approximate surface area is 199 Å². The summed E-state index contributed by atoms with van der Waals surface area (Å²) < 4.78 is 0. The molecule has 1 saturated carbocycles. The van der Waals surface area contributed by atoms with Gasteiger partial charge in [-0.1, -0.05) is 17.7 Å². The molecular formula is C22H23ClN4O5S. The number of non-ortho nitro benzene ring substituents is 1. The first-order valence-electron chi connectivity index (χ1n) is 10.2. The van der Waals surface area contributed by atoms with Gasteiger partial charge in [0, 0.05) is 29.4 Å². The summed E-state index contributed by atoms with van der Waals surface area (Å²) in [5.74, 6) is -0.712. The number of thioether (sulfide) groups is 1. The molecule has 1 aliphatic rings. The second-order valence-corrected chi connectivity index (χ2v) is 8.94. The summed E-state index contributed by atoms with van der Waals surface area (Å²) in [5.41, 5.74) is 0.569. The number of carbonyl (C=O) groups is 3. The molecule has 1 unspecified atom stereocenters. The van der Waals surface area contributed by atoms with Crippen molar-refractivity contribution >= 4 is 52.5 Å². The van der Waals surface area contributed by atoms with Crippen LogP contribution < -0.4 is 16.0 Å². The summed E-state index contributed by atoms with van der Waals surface area (Å²) in [6, 6.07) is 9.20. The van der Waals surface area contributed by atoms with E-state index in [9.17, 15) is 24.5 Å². The maximum atomic E-state index is 12.9. The number of halogens is 1. The summed E-state index contributed by atoms with van der Waals surface area (Å²) in [7, 11) is 0. The van der Waals surface area contributed by atoms with E-state index in [1.165, 1.54) is 42.1 Å². The first kappa shape index (κ1) is 24.5. The zero-order valence-corrected chi connectivity index (χ0v) is 19.4. The van der Waals surface area contributed by atoms with Crippen LogP contribution in [-0.4, -0.2) is 46.7 Å². The molecule has 9 nitrogen and oxygen atoms in total. The minimum atomic E-state index is -0.874. The molecule has 174 valence electrons. The number of nitro benzene ring substituents is 1. The first-order chi connectivity index (χ1) is 15.8. The average molecular weight is 491 g/mol. The van der Waals surface area contributed by atoms with Gasteiger partial charge in [0.15, 0.2) is 0 Å². The van der Waals surface area contributed by atoms with Gasteiger partial charge in [0.25, 0.3) is 17.5 Å². The third kappa shape index (κ3) is 6.93. The lowest BCUT2D eigenvalue weighted by Gasteiger charge is -2.18. The van der Waals surface area contributed by atoms with Crippen molar-refractivity contribution in [2.24, 2.45) is 0 Å². The monoisotopic (exact) mass is 490 g/mol. The standard InChI is InChI=1S/C22H23ClN4O5S/c1-33-10-9-19(26-20(28)13-3-2-4-16(11-13)27(31)32)22(30)25-15-7-8-17(18(23)12-15)21(29)24-14-5-6-14/h2-4,7-8,11-12,14,19H,5-6,9-10H2,1H3,(H,24,29)(H,25,30)(H,26,28). The van der Waals surface area contributed by atoms with E-state index in [1.54, 1.807) is 6.07 Å². The molecule has 3 N–H and O–H groups in total. The molecule has 0 spiro atoms. The number of nitrogens with one attached hydrogen (secondary N) is 3. The third-order valence-corrected chi connectivity index (χ3v) is 5.90. The van der Waals surface area contributed by atoms with Gasteiger partial charge in [0.1, 0.15) is 6.04 Å². The molecule has 11 heteroatoms. The van der Waals surface area contributed by atoms with E-state index in [1.807, 2.05) is 6.26 Å². The Bertz CT molecular complexity index is 1080. The Balaban J connectivity index is 1.69. The molecule has 0 saturated heterocycles. The summed E-state index contributed by atoms with van der Waals surface area (Å²) in [4.78, 5) is 48.1. The quantitative estimate of drug-likeness (QED) is 0.344. The third-order valence-electron chi connectivity index (χ3n) is 4.95. The number of amides is 3. The highest BCUT2D eigenvalue weighted by Crippen LogP contribution is 2.24. The Hall–Kier alpha value is -3.11. The molecule has 2 aromatic rings. The van der Waals surface area contributed by atoms with E-state index in [0.29, 0.717) is 23.4 Å². The van der Waals surface area contributed by atoms with Crippen molar-refractivity contribution in [2.75, 3.05) is 17.3 Å². The van der Waals surface area contributed by atoms with Gasteiger partial charge >= 0.3 is 0 Å². The van der Waals surface area contributed by atoms with E-state index in [2.05, 4.69) is 16.0 Å². The molecule has 3 rings (SSSR count). The van der Waals surface area contributed by atoms with Crippen molar-refractivity contribution in [1.29, 1.82) is 0 Å². The van der Waals surface area contributed by atoms with E-state index < -0.39 is 22.8 Å². The van der Waals surface area contributed by atoms with Crippen LogP contribution in [0.25, 0.3) is 0 Å². The topological polar surface area (TPSA) is 130 Å². The van der Waals surface area contributed by atoms with Crippen LogP contribution in [0, 0.1) is 10.1 Å². The molecule has 1 fully saturated rings. The molecule has 3 amide bonds. The number of nitrogens with zero attached hydrogens (tertiary/aromatic N) is 1. The van der Waals surface area contributed by atoms with Crippen molar-refractivity contribution in [3.63, 3.8) is 0 Å². The summed E-state index contributed by atoms with van der Waals surface area (Å²) in [6.07, 6.45) is 4.14. The number of carbonyl (C=O) groups excluding carboxylic acids is 3. The lowest BCUT2D eigenvalue weighted by atomic mass is 10.1. The van der Waals surface area contributed by atoms with Gasteiger partial charge in [0.05, 0.1) is 15.5 Å². The number of benzene rings is 2. The molecule has 33 heavy (non-hydrogen) atoms. The molecule has 0 aromatic heterocycles. The van der Waals surface area contributed by atoms with Crippen LogP contribution in [0.4, 0.5) is 11.4 Å². The van der Waals surface area contributed by atoms with E-state index in [4.69, 9.17) is 11.6 Å². The Morgan fingerprint density at radius 2 is 1.94 bits per heavy atom. The predicted octanol–water partition coefficient (Wildman–Crippen LogP) is 3.63. The van der Waals surface area contributed by atoms with Crippen molar-refractivity contribution in [2.45, 2.75) is 31.3 Å². The second-order valence-electron chi connectivity index (χ2n) is 7.55. The molecular weight excluding hydrogens is 468 g/mol. The van der Waals surface area contributed by atoms with E-state index >= 15 is 0 Å². The van der Waals surface area contributed by atoms with Crippen LogP contribution in [0.3, 0.4) is 0 Å². The highest BCUT2D eigenvalue weighted by atomic mass is 35.5. The van der Waals surface area contributed by atoms with Crippen LogP contribution in [0.5, 0.6) is 0 Å². The Morgan fingerprint density at radius 1 is 1.18 bits per heavy atom. The molecule has 2 aromatic carbocycles. The fourth-order valence-electron chi connectivity index (χ4n) is 3.00. The minimum Gasteiger partial charge on any atom is -0.349 e. The molecule has 1 aliphatic carbocycles. The highest BCUT2D eigenvalue weighted by molar-refractivity contribution is 7.98. The second kappa shape index (κ2) is 11.2. The molecule has 0 heterocycles. The van der Waals surface area contributed by atoms with E-state index in [-0.39, 0.29) is 28.2 Å². The maximum Gasteiger partial charge on any atom is 0.270 e. The predicted molar refractivity (Wildman–Crippen MR) is 128 cm³/mol. The van der Waals surface area contributed by atoms with Gasteiger partial charge in [-0.2, -0.15) is 11.8 Å². The van der Waals surface area contributed by atoms with Gasteiger partial charge in [-0.15, -0.1) is 0 Å². The molecule has 0 bridgehead atoms. The molecule has 0 radical (unpaired) electrons. The van der Waals surface area contributed by atoms with Crippen LogP contribution in [0.15, 0.2) is 42.5 Å². The summed E-state index contributed by atoms with van der Waals surface area (Å²) >= 11 is 7.75. The van der Waals surface area contributed by atoms with Crippen molar-refractivity contribution in [3.8, 4) is 0 Å². The largest absolute Gasteiger partial charge is 0.349 e.